The third-order valence-corrected chi connectivity index (χ3v) is 0.667. The van der Waals surface area contributed by atoms with Crippen LogP contribution in [-0.2, 0) is 0 Å². The van der Waals surface area contributed by atoms with Crippen LogP contribution in [-0.4, -0.2) is 11.2 Å². The Morgan fingerprint density at radius 1 is 1.00 bits per heavy atom. The maximum absolute atomic E-state index is 8.78. The second kappa shape index (κ2) is 8.42. The molecule has 0 fully saturated rings. The Bertz CT molecular complexity index is 148. The fourth-order valence-corrected chi connectivity index (χ4v) is 0.385. The van der Waals surface area contributed by atoms with E-state index in [2.05, 4.69) is 5.73 Å². The van der Waals surface area contributed by atoms with Crippen molar-refractivity contribution in [2.45, 2.75) is 0 Å². The number of rotatable bonds is 0. The molecule has 0 unspecified atom stereocenters. The van der Waals surface area contributed by atoms with Crippen molar-refractivity contribution >= 4 is 6.09 Å². The molecule has 0 aliphatic heterocycles. The van der Waals surface area contributed by atoms with E-state index in [9.17, 15) is 0 Å². The zero-order valence-electron chi connectivity index (χ0n) is 5.81. The van der Waals surface area contributed by atoms with E-state index in [1.807, 2.05) is 36.4 Å². The van der Waals surface area contributed by atoms with Gasteiger partial charge in [0, 0.05) is 0 Å². The number of primary amides is 1. The van der Waals surface area contributed by atoms with Gasteiger partial charge in [0.1, 0.15) is 0 Å². The average molecular weight is 159 g/mol. The molecule has 0 saturated heterocycles. The first kappa shape index (κ1) is 12.1. The van der Waals surface area contributed by atoms with E-state index in [0.717, 1.165) is 0 Å². The average Bonchev–Trinajstić information content (AvgIpc) is 1.90. The lowest BCUT2D eigenvalue weighted by atomic mass is 10.4. The first-order valence-corrected chi connectivity index (χ1v) is 2.72. The van der Waals surface area contributed by atoms with Crippen LogP contribution in [0.5, 0.6) is 0 Å². The molecule has 1 aromatic rings. The van der Waals surface area contributed by atoms with E-state index in [4.69, 9.17) is 9.90 Å². The summed E-state index contributed by atoms with van der Waals surface area (Å²) in [5.74, 6) is 0. The molecule has 0 heterocycles. The summed E-state index contributed by atoms with van der Waals surface area (Å²) in [5.41, 5.74) is 4.03. The number of hydrogen-bond donors (Lipinski definition) is 2. The Kier molecular flexibility index (Phi) is 9.29. The van der Waals surface area contributed by atoms with Crippen molar-refractivity contribution in [3.05, 3.63) is 36.4 Å². The third-order valence-electron chi connectivity index (χ3n) is 0.667. The van der Waals surface area contributed by atoms with Crippen LogP contribution >= 0.6 is 0 Å². The minimum atomic E-state index is -1.33. The maximum atomic E-state index is 8.78. The fourth-order valence-electron chi connectivity index (χ4n) is 0.385. The SMILES string of the molecule is F.NC(=O)O.c1ccccc1. The first-order valence-electron chi connectivity index (χ1n) is 2.72. The molecule has 0 aromatic heterocycles. The summed E-state index contributed by atoms with van der Waals surface area (Å²) in [6, 6.07) is 12.0. The van der Waals surface area contributed by atoms with E-state index < -0.39 is 6.09 Å². The summed E-state index contributed by atoms with van der Waals surface area (Å²) in [4.78, 5) is 8.78. The number of nitrogens with two attached hydrogens (primary N) is 1. The molecular weight excluding hydrogens is 149 g/mol. The van der Waals surface area contributed by atoms with Crippen LogP contribution in [0.3, 0.4) is 0 Å². The number of carboxylic acid groups (broad SMARTS) is 1. The van der Waals surface area contributed by atoms with E-state index in [1.165, 1.54) is 0 Å². The number of carbonyl (C=O) groups is 1. The molecule has 0 aliphatic carbocycles. The predicted molar refractivity (Wildman–Crippen MR) is 41.2 cm³/mol. The van der Waals surface area contributed by atoms with Crippen molar-refractivity contribution in [2.75, 3.05) is 0 Å². The molecule has 0 aliphatic rings. The predicted octanol–water partition coefficient (Wildman–Crippen LogP) is 1.46. The molecule has 3 nitrogen and oxygen atoms in total. The molecule has 1 amide bonds. The zero-order valence-corrected chi connectivity index (χ0v) is 5.81. The molecule has 11 heavy (non-hydrogen) atoms. The molecule has 0 spiro atoms. The number of benzene rings is 1. The van der Waals surface area contributed by atoms with Crippen LogP contribution in [0.4, 0.5) is 9.50 Å². The molecule has 0 saturated carbocycles. The highest BCUT2D eigenvalue weighted by Crippen LogP contribution is 1.79. The molecule has 0 bridgehead atoms. The van der Waals surface area contributed by atoms with Crippen molar-refractivity contribution in [3.8, 4) is 0 Å². The Hall–Kier alpha value is -1.58. The third kappa shape index (κ3) is 17.8. The van der Waals surface area contributed by atoms with Crippen LogP contribution < -0.4 is 5.73 Å². The first-order chi connectivity index (χ1) is 4.73. The van der Waals surface area contributed by atoms with Crippen LogP contribution in [0.1, 0.15) is 0 Å². The highest BCUT2D eigenvalue weighted by Gasteiger charge is 1.65. The highest BCUT2D eigenvalue weighted by atomic mass is 19.0. The molecule has 0 atom stereocenters. The largest absolute Gasteiger partial charge is 0.465 e. The van der Waals surface area contributed by atoms with Crippen LogP contribution in [0.2, 0.25) is 0 Å². The second-order valence-electron chi connectivity index (χ2n) is 1.49. The second-order valence-corrected chi connectivity index (χ2v) is 1.49. The van der Waals surface area contributed by atoms with Crippen molar-refractivity contribution in [2.24, 2.45) is 5.73 Å². The van der Waals surface area contributed by atoms with Gasteiger partial charge in [-0.15, -0.1) is 0 Å². The summed E-state index contributed by atoms with van der Waals surface area (Å²) in [6.07, 6.45) is -1.33. The lowest BCUT2D eigenvalue weighted by Crippen LogP contribution is -2.03. The summed E-state index contributed by atoms with van der Waals surface area (Å²) < 4.78 is 0. The van der Waals surface area contributed by atoms with Gasteiger partial charge in [-0.25, -0.2) is 4.79 Å². The Morgan fingerprint density at radius 2 is 1.09 bits per heavy atom. The summed E-state index contributed by atoms with van der Waals surface area (Å²) >= 11 is 0. The van der Waals surface area contributed by atoms with Crippen LogP contribution in [0.25, 0.3) is 0 Å². The normalized spacial score (nSPS) is 6.55. The fraction of sp³-hybridized carbons (Fsp3) is 0. The smallest absolute Gasteiger partial charge is 0.402 e. The van der Waals surface area contributed by atoms with Gasteiger partial charge < -0.3 is 10.8 Å². The van der Waals surface area contributed by atoms with Gasteiger partial charge in [0.25, 0.3) is 0 Å². The quantitative estimate of drug-likeness (QED) is 0.602. The summed E-state index contributed by atoms with van der Waals surface area (Å²) in [5, 5.41) is 7.19. The van der Waals surface area contributed by atoms with Gasteiger partial charge in [-0.1, -0.05) is 36.4 Å². The van der Waals surface area contributed by atoms with Gasteiger partial charge >= 0.3 is 6.09 Å². The van der Waals surface area contributed by atoms with Gasteiger partial charge in [0.15, 0.2) is 0 Å². The van der Waals surface area contributed by atoms with Crippen molar-refractivity contribution in [3.63, 3.8) is 0 Å². The number of halogens is 1. The zero-order chi connectivity index (χ0) is 7.82. The Morgan fingerprint density at radius 3 is 1.18 bits per heavy atom. The number of hydrogen-bond acceptors (Lipinski definition) is 1. The maximum Gasteiger partial charge on any atom is 0.402 e. The summed E-state index contributed by atoms with van der Waals surface area (Å²) in [7, 11) is 0. The van der Waals surface area contributed by atoms with Gasteiger partial charge in [0.2, 0.25) is 0 Å². The molecule has 3 N–H and O–H groups in total. The minimum absolute atomic E-state index is 0. The minimum Gasteiger partial charge on any atom is -0.465 e. The molecule has 62 valence electrons. The molecular formula is C7H10FNO2. The van der Waals surface area contributed by atoms with E-state index in [1.54, 1.807) is 0 Å². The lowest BCUT2D eigenvalue weighted by molar-refractivity contribution is 0.205. The van der Waals surface area contributed by atoms with Crippen LogP contribution in [0.15, 0.2) is 36.4 Å². The van der Waals surface area contributed by atoms with Crippen LogP contribution in [0, 0.1) is 0 Å². The Labute approximate surface area is 63.8 Å². The van der Waals surface area contributed by atoms with E-state index in [-0.39, 0.29) is 4.70 Å². The lowest BCUT2D eigenvalue weighted by Gasteiger charge is -1.69. The van der Waals surface area contributed by atoms with Crippen molar-refractivity contribution in [1.82, 2.24) is 0 Å². The topological polar surface area (TPSA) is 63.3 Å². The summed E-state index contributed by atoms with van der Waals surface area (Å²) in [6.45, 7) is 0. The van der Waals surface area contributed by atoms with Gasteiger partial charge in [0.05, 0.1) is 0 Å². The standard InChI is InChI=1S/C6H6.CH3NO2.FH/c1-2-4-6-5-3-1;2-1(3)4;/h1-6H;2H2,(H,3,4);1H. The molecule has 1 rings (SSSR count). The van der Waals surface area contributed by atoms with E-state index in [0.29, 0.717) is 0 Å². The number of amides is 1. The highest BCUT2D eigenvalue weighted by molar-refractivity contribution is 5.61. The van der Waals surface area contributed by atoms with Gasteiger partial charge in [-0.2, -0.15) is 0 Å². The molecule has 1 aromatic carbocycles. The van der Waals surface area contributed by atoms with E-state index >= 15 is 0 Å². The molecule has 4 heteroatoms. The molecule has 0 radical (unpaired) electrons. The van der Waals surface area contributed by atoms with Crippen molar-refractivity contribution in [1.29, 1.82) is 0 Å². The van der Waals surface area contributed by atoms with Gasteiger partial charge in [-0.3, -0.25) is 4.70 Å². The van der Waals surface area contributed by atoms with Crippen molar-refractivity contribution < 1.29 is 14.6 Å². The monoisotopic (exact) mass is 159 g/mol. The Balaban J connectivity index is 0. The van der Waals surface area contributed by atoms with Gasteiger partial charge in [-0.05, 0) is 0 Å².